The molecular formula is C12H16N4O2S. The topological polar surface area (TPSA) is 81.2 Å². The number of sulfonamides is 1. The lowest BCUT2D eigenvalue weighted by atomic mass is 10.2. The average molecular weight is 280 g/mol. The summed E-state index contributed by atoms with van der Waals surface area (Å²) in [6.07, 6.45) is 2.95. The highest BCUT2D eigenvalue weighted by molar-refractivity contribution is 7.92. The number of rotatable bonds is 3. The van der Waals surface area contributed by atoms with Gasteiger partial charge >= 0.3 is 0 Å². The summed E-state index contributed by atoms with van der Waals surface area (Å²) < 4.78 is 26.0. The van der Waals surface area contributed by atoms with Crippen molar-refractivity contribution in [3.05, 3.63) is 36.2 Å². The Labute approximate surface area is 112 Å². The number of nitrogens with two attached hydrogens (primary N) is 1. The molecule has 2 rings (SSSR count). The third-order valence-electron chi connectivity index (χ3n) is 2.84. The van der Waals surface area contributed by atoms with E-state index in [1.165, 1.54) is 7.05 Å². The number of nitrogen functional groups attached to an aromatic ring is 1. The second-order valence-electron chi connectivity index (χ2n) is 4.38. The van der Waals surface area contributed by atoms with E-state index in [-0.39, 0.29) is 0 Å². The van der Waals surface area contributed by atoms with Gasteiger partial charge in [-0.05, 0) is 31.2 Å². The molecule has 19 heavy (non-hydrogen) atoms. The van der Waals surface area contributed by atoms with Crippen LogP contribution in [0.1, 0.15) is 5.69 Å². The van der Waals surface area contributed by atoms with Crippen molar-refractivity contribution < 1.29 is 8.42 Å². The van der Waals surface area contributed by atoms with Gasteiger partial charge in [-0.15, -0.1) is 0 Å². The van der Waals surface area contributed by atoms with Crippen LogP contribution in [-0.2, 0) is 10.0 Å². The molecule has 7 heteroatoms. The summed E-state index contributed by atoms with van der Waals surface area (Å²) in [4.78, 5) is 0. The molecule has 1 aromatic heterocycles. The summed E-state index contributed by atoms with van der Waals surface area (Å²) in [6, 6.07) is 7.03. The number of aromatic nitrogens is 2. The SMILES string of the molecule is Cc1ccn(-c2ccc(N)c(N(C)S(C)(=O)=O)c2)n1. The number of nitrogens with zero attached hydrogens (tertiary/aromatic N) is 3. The summed E-state index contributed by atoms with van der Waals surface area (Å²) in [5.41, 5.74) is 8.32. The Hall–Kier alpha value is -2.02. The molecule has 2 N–H and O–H groups in total. The molecule has 6 nitrogen and oxygen atoms in total. The smallest absolute Gasteiger partial charge is 0.232 e. The Kier molecular flexibility index (Phi) is 3.23. The van der Waals surface area contributed by atoms with E-state index in [2.05, 4.69) is 5.10 Å². The first kappa shape index (κ1) is 13.4. The van der Waals surface area contributed by atoms with Gasteiger partial charge in [0.15, 0.2) is 0 Å². The minimum Gasteiger partial charge on any atom is -0.397 e. The van der Waals surface area contributed by atoms with E-state index in [9.17, 15) is 8.42 Å². The fourth-order valence-electron chi connectivity index (χ4n) is 1.68. The fourth-order valence-corrected chi connectivity index (χ4v) is 2.20. The predicted octanol–water partition coefficient (Wildman–Crippen LogP) is 1.16. The van der Waals surface area contributed by atoms with Crippen LogP contribution in [0.2, 0.25) is 0 Å². The van der Waals surface area contributed by atoms with Crippen LogP contribution in [0.25, 0.3) is 5.69 Å². The third kappa shape index (κ3) is 2.70. The molecule has 0 amide bonds. The molecule has 0 saturated heterocycles. The van der Waals surface area contributed by atoms with Gasteiger partial charge in [-0.1, -0.05) is 0 Å². The number of anilines is 2. The third-order valence-corrected chi connectivity index (χ3v) is 4.03. The first-order chi connectivity index (χ1) is 8.79. The van der Waals surface area contributed by atoms with E-state index in [0.29, 0.717) is 11.4 Å². The molecule has 0 bridgehead atoms. The average Bonchev–Trinajstić information content (AvgIpc) is 2.74. The minimum absolute atomic E-state index is 0.403. The largest absolute Gasteiger partial charge is 0.397 e. The second kappa shape index (κ2) is 4.58. The van der Waals surface area contributed by atoms with Crippen LogP contribution < -0.4 is 10.0 Å². The van der Waals surface area contributed by atoms with Crippen LogP contribution in [0.4, 0.5) is 11.4 Å². The Bertz CT molecular complexity index is 706. The van der Waals surface area contributed by atoms with Crippen molar-refractivity contribution in [1.29, 1.82) is 0 Å². The zero-order valence-corrected chi connectivity index (χ0v) is 11.8. The monoisotopic (exact) mass is 280 g/mol. The Balaban J connectivity index is 2.52. The van der Waals surface area contributed by atoms with Gasteiger partial charge in [-0.25, -0.2) is 13.1 Å². The van der Waals surface area contributed by atoms with Crippen LogP contribution in [0.15, 0.2) is 30.5 Å². The Morgan fingerprint density at radius 1 is 1.32 bits per heavy atom. The van der Waals surface area contributed by atoms with Gasteiger partial charge in [0.25, 0.3) is 0 Å². The molecule has 2 aromatic rings. The van der Waals surface area contributed by atoms with E-state index in [1.54, 1.807) is 22.9 Å². The van der Waals surface area contributed by atoms with E-state index in [1.807, 2.05) is 19.2 Å². The number of hydrogen-bond acceptors (Lipinski definition) is 4. The maximum absolute atomic E-state index is 11.6. The lowest BCUT2D eigenvalue weighted by molar-refractivity contribution is 0.600. The second-order valence-corrected chi connectivity index (χ2v) is 6.39. The van der Waals surface area contributed by atoms with Crippen molar-refractivity contribution in [3.63, 3.8) is 0 Å². The minimum atomic E-state index is -3.35. The lowest BCUT2D eigenvalue weighted by Crippen LogP contribution is -2.25. The molecule has 1 aromatic carbocycles. The van der Waals surface area contributed by atoms with Gasteiger partial charge in [0.1, 0.15) is 0 Å². The zero-order chi connectivity index (χ0) is 14.2. The molecule has 1 heterocycles. The molecule has 0 aliphatic carbocycles. The highest BCUT2D eigenvalue weighted by Gasteiger charge is 2.15. The first-order valence-electron chi connectivity index (χ1n) is 5.65. The molecule has 0 saturated carbocycles. The van der Waals surface area contributed by atoms with Gasteiger partial charge < -0.3 is 5.73 Å². The quantitative estimate of drug-likeness (QED) is 0.855. The summed E-state index contributed by atoms with van der Waals surface area (Å²) in [5.74, 6) is 0. The van der Waals surface area contributed by atoms with E-state index < -0.39 is 10.0 Å². The van der Waals surface area contributed by atoms with Crippen molar-refractivity contribution in [2.24, 2.45) is 0 Å². The molecule has 0 aliphatic rings. The van der Waals surface area contributed by atoms with Crippen LogP contribution in [0.3, 0.4) is 0 Å². The van der Waals surface area contributed by atoms with Crippen molar-refractivity contribution >= 4 is 21.4 Å². The number of hydrogen-bond donors (Lipinski definition) is 1. The van der Waals surface area contributed by atoms with Crippen molar-refractivity contribution in [3.8, 4) is 5.69 Å². The molecule has 0 atom stereocenters. The van der Waals surface area contributed by atoms with Gasteiger partial charge in [-0.3, -0.25) is 4.31 Å². The highest BCUT2D eigenvalue weighted by Crippen LogP contribution is 2.26. The van der Waals surface area contributed by atoms with Gasteiger partial charge in [0, 0.05) is 13.2 Å². The maximum atomic E-state index is 11.6. The maximum Gasteiger partial charge on any atom is 0.232 e. The fraction of sp³-hybridized carbons (Fsp3) is 0.250. The van der Waals surface area contributed by atoms with Gasteiger partial charge in [-0.2, -0.15) is 5.10 Å². The van der Waals surface area contributed by atoms with Crippen molar-refractivity contribution in [2.75, 3.05) is 23.3 Å². The van der Waals surface area contributed by atoms with Crippen molar-refractivity contribution in [2.45, 2.75) is 6.92 Å². The standard InChI is InChI=1S/C12H16N4O2S/c1-9-6-7-16(14-9)10-4-5-11(13)12(8-10)15(2)19(3,17)18/h4-8H,13H2,1-3H3. The van der Waals surface area contributed by atoms with Crippen LogP contribution in [0, 0.1) is 6.92 Å². The molecule has 0 radical (unpaired) electrons. The van der Waals surface area contributed by atoms with Crippen LogP contribution in [0.5, 0.6) is 0 Å². The zero-order valence-electron chi connectivity index (χ0n) is 11.0. The summed E-state index contributed by atoms with van der Waals surface area (Å²) in [7, 11) is -1.88. The molecule has 102 valence electrons. The van der Waals surface area contributed by atoms with E-state index in [0.717, 1.165) is 21.9 Å². The summed E-state index contributed by atoms with van der Waals surface area (Å²) in [5, 5.41) is 4.28. The molecular weight excluding hydrogens is 264 g/mol. The normalized spacial score (nSPS) is 11.5. The van der Waals surface area contributed by atoms with E-state index >= 15 is 0 Å². The predicted molar refractivity (Wildman–Crippen MR) is 76.0 cm³/mol. The molecule has 0 unspecified atom stereocenters. The first-order valence-corrected chi connectivity index (χ1v) is 7.50. The van der Waals surface area contributed by atoms with E-state index in [4.69, 9.17) is 5.73 Å². The Morgan fingerprint density at radius 3 is 2.53 bits per heavy atom. The number of aryl methyl sites for hydroxylation is 1. The number of benzene rings is 1. The lowest BCUT2D eigenvalue weighted by Gasteiger charge is -2.19. The van der Waals surface area contributed by atoms with Gasteiger partial charge in [0.2, 0.25) is 10.0 Å². The van der Waals surface area contributed by atoms with Crippen LogP contribution in [-0.4, -0.2) is 31.5 Å². The molecule has 0 aliphatic heterocycles. The summed E-state index contributed by atoms with van der Waals surface area (Å²) >= 11 is 0. The molecule has 0 fully saturated rings. The Morgan fingerprint density at radius 2 is 2.00 bits per heavy atom. The van der Waals surface area contributed by atoms with Gasteiger partial charge in [0.05, 0.1) is 29.0 Å². The molecule has 0 spiro atoms. The highest BCUT2D eigenvalue weighted by atomic mass is 32.2. The van der Waals surface area contributed by atoms with Crippen molar-refractivity contribution in [1.82, 2.24) is 9.78 Å². The summed E-state index contributed by atoms with van der Waals surface area (Å²) in [6.45, 7) is 1.89. The van der Waals surface area contributed by atoms with Crippen LogP contribution >= 0.6 is 0 Å².